The van der Waals surface area contributed by atoms with Gasteiger partial charge in [0.1, 0.15) is 5.69 Å². The summed E-state index contributed by atoms with van der Waals surface area (Å²) in [6.07, 6.45) is 3.05. The van der Waals surface area contributed by atoms with Crippen LogP contribution in [0.3, 0.4) is 0 Å². The highest BCUT2D eigenvalue weighted by molar-refractivity contribution is 7.14. The Morgan fingerprint density at radius 2 is 2.26 bits per heavy atom. The summed E-state index contributed by atoms with van der Waals surface area (Å²) in [6, 6.07) is 5.67. The molecule has 19 heavy (non-hydrogen) atoms. The van der Waals surface area contributed by atoms with Crippen molar-refractivity contribution < 1.29 is 4.79 Å². The smallest absolute Gasteiger partial charge is 0.226 e. The molecule has 0 radical (unpaired) electrons. The van der Waals surface area contributed by atoms with Crippen molar-refractivity contribution in [1.29, 1.82) is 0 Å². The van der Waals surface area contributed by atoms with Crippen LogP contribution >= 0.6 is 11.3 Å². The molecule has 0 aliphatic rings. The molecule has 0 aliphatic heterocycles. The van der Waals surface area contributed by atoms with Crippen LogP contribution in [0.15, 0.2) is 29.8 Å². The molecule has 0 bridgehead atoms. The maximum absolute atomic E-state index is 11.6. The molecular formula is C13H16N4OS. The van der Waals surface area contributed by atoms with Crippen LogP contribution in [-0.4, -0.2) is 29.5 Å². The summed E-state index contributed by atoms with van der Waals surface area (Å²) in [5.74, 6) is -0.00262. The van der Waals surface area contributed by atoms with Gasteiger partial charge in [0.2, 0.25) is 5.91 Å². The number of anilines is 1. The first-order valence-corrected chi connectivity index (χ1v) is 6.99. The third-order valence-electron chi connectivity index (χ3n) is 2.51. The van der Waals surface area contributed by atoms with Gasteiger partial charge in [0.05, 0.1) is 5.69 Å². The topological polar surface area (TPSA) is 66.9 Å². The van der Waals surface area contributed by atoms with Gasteiger partial charge in [0.25, 0.3) is 0 Å². The van der Waals surface area contributed by atoms with Crippen LogP contribution in [0.25, 0.3) is 11.4 Å². The predicted molar refractivity (Wildman–Crippen MR) is 77.1 cm³/mol. The minimum atomic E-state index is -0.00262. The van der Waals surface area contributed by atoms with Gasteiger partial charge in [-0.15, -0.1) is 11.3 Å². The minimum absolute atomic E-state index is 0.00262. The Labute approximate surface area is 116 Å². The number of thiazole rings is 1. The lowest BCUT2D eigenvalue weighted by Crippen LogP contribution is -2.15. The van der Waals surface area contributed by atoms with Crippen LogP contribution < -0.4 is 10.6 Å². The number of hydrogen-bond acceptors (Lipinski definition) is 5. The van der Waals surface area contributed by atoms with Crippen molar-refractivity contribution >= 4 is 22.4 Å². The van der Waals surface area contributed by atoms with Crippen molar-refractivity contribution in [2.45, 2.75) is 12.8 Å². The monoisotopic (exact) mass is 276 g/mol. The number of carbonyl (C=O) groups excluding carboxylic acids is 1. The molecule has 0 aromatic carbocycles. The molecule has 2 heterocycles. The van der Waals surface area contributed by atoms with Crippen molar-refractivity contribution in [3.8, 4) is 11.4 Å². The zero-order valence-corrected chi connectivity index (χ0v) is 11.5. The lowest BCUT2D eigenvalue weighted by molar-refractivity contribution is -0.116. The third-order valence-corrected chi connectivity index (χ3v) is 3.27. The summed E-state index contributed by atoms with van der Waals surface area (Å²) in [6.45, 7) is 0.838. The molecule has 0 saturated carbocycles. The Hall–Kier alpha value is -1.79. The summed E-state index contributed by atoms with van der Waals surface area (Å²) in [5.41, 5.74) is 1.60. The van der Waals surface area contributed by atoms with Gasteiger partial charge in [-0.25, -0.2) is 4.98 Å². The number of nitrogens with zero attached hydrogens (tertiary/aromatic N) is 2. The van der Waals surface area contributed by atoms with Gasteiger partial charge in [-0.05, 0) is 32.1 Å². The Balaban J connectivity index is 1.93. The minimum Gasteiger partial charge on any atom is -0.320 e. The third kappa shape index (κ3) is 4.11. The number of hydrogen-bond donors (Lipinski definition) is 2. The second kappa shape index (κ2) is 6.96. The van der Waals surface area contributed by atoms with E-state index in [2.05, 4.69) is 20.6 Å². The maximum atomic E-state index is 11.6. The Morgan fingerprint density at radius 3 is 3.00 bits per heavy atom. The van der Waals surface area contributed by atoms with Gasteiger partial charge in [-0.3, -0.25) is 9.78 Å². The first kappa shape index (κ1) is 13.6. The molecule has 0 atom stereocenters. The van der Waals surface area contributed by atoms with Gasteiger partial charge in [-0.1, -0.05) is 6.07 Å². The number of rotatable bonds is 6. The van der Waals surface area contributed by atoms with Crippen LogP contribution in [-0.2, 0) is 4.79 Å². The van der Waals surface area contributed by atoms with E-state index in [0.29, 0.717) is 11.6 Å². The van der Waals surface area contributed by atoms with Crippen molar-refractivity contribution in [3.63, 3.8) is 0 Å². The van der Waals surface area contributed by atoms with Crippen LogP contribution in [0.5, 0.6) is 0 Å². The second-order valence-electron chi connectivity index (χ2n) is 4.01. The van der Waals surface area contributed by atoms with Crippen molar-refractivity contribution in [2.75, 3.05) is 18.9 Å². The van der Waals surface area contributed by atoms with E-state index >= 15 is 0 Å². The molecule has 6 heteroatoms. The largest absolute Gasteiger partial charge is 0.320 e. The molecule has 2 aromatic heterocycles. The van der Waals surface area contributed by atoms with Crippen molar-refractivity contribution in [1.82, 2.24) is 15.3 Å². The van der Waals surface area contributed by atoms with Crippen LogP contribution in [0.2, 0.25) is 0 Å². The number of pyridine rings is 1. The van der Waals surface area contributed by atoms with Crippen LogP contribution in [0, 0.1) is 0 Å². The van der Waals surface area contributed by atoms with E-state index in [1.807, 2.05) is 30.6 Å². The van der Waals surface area contributed by atoms with E-state index in [1.165, 1.54) is 11.3 Å². The van der Waals surface area contributed by atoms with Crippen molar-refractivity contribution in [2.24, 2.45) is 0 Å². The lowest BCUT2D eigenvalue weighted by Gasteiger charge is -2.01. The average molecular weight is 276 g/mol. The Bertz CT molecular complexity index is 526. The summed E-state index contributed by atoms with van der Waals surface area (Å²) < 4.78 is 0. The highest BCUT2D eigenvalue weighted by atomic mass is 32.1. The second-order valence-corrected chi connectivity index (χ2v) is 4.87. The van der Waals surface area contributed by atoms with Crippen LogP contribution in [0.4, 0.5) is 5.13 Å². The highest BCUT2D eigenvalue weighted by Crippen LogP contribution is 2.23. The number of amides is 1. The van der Waals surface area contributed by atoms with Gasteiger partial charge < -0.3 is 10.6 Å². The molecule has 1 amide bonds. The fraction of sp³-hybridized carbons (Fsp3) is 0.308. The molecule has 0 saturated heterocycles. The molecule has 5 nitrogen and oxygen atoms in total. The molecule has 100 valence electrons. The fourth-order valence-corrected chi connectivity index (χ4v) is 2.29. The average Bonchev–Trinajstić information content (AvgIpc) is 2.88. The Morgan fingerprint density at radius 1 is 1.37 bits per heavy atom. The molecule has 0 aliphatic carbocycles. The van der Waals surface area contributed by atoms with Gasteiger partial charge in [-0.2, -0.15) is 0 Å². The summed E-state index contributed by atoms with van der Waals surface area (Å²) in [5, 5.41) is 8.33. The SMILES string of the molecule is CNCCCC(=O)Nc1nc(-c2ccccn2)cs1. The van der Waals surface area contributed by atoms with Gasteiger partial charge in [0, 0.05) is 18.0 Å². The molecular weight excluding hydrogens is 260 g/mol. The number of carbonyl (C=O) groups is 1. The van der Waals surface area contributed by atoms with Gasteiger partial charge >= 0.3 is 0 Å². The molecule has 0 spiro atoms. The van der Waals surface area contributed by atoms with E-state index in [1.54, 1.807) is 6.20 Å². The zero-order valence-electron chi connectivity index (χ0n) is 10.7. The van der Waals surface area contributed by atoms with E-state index < -0.39 is 0 Å². The summed E-state index contributed by atoms with van der Waals surface area (Å²) in [7, 11) is 1.87. The van der Waals surface area contributed by atoms with E-state index in [-0.39, 0.29) is 5.91 Å². The number of nitrogens with one attached hydrogen (secondary N) is 2. The quantitative estimate of drug-likeness (QED) is 0.793. The zero-order chi connectivity index (χ0) is 13.5. The lowest BCUT2D eigenvalue weighted by atomic mass is 10.3. The van der Waals surface area contributed by atoms with E-state index in [9.17, 15) is 4.79 Å². The predicted octanol–water partition coefficient (Wildman–Crippen LogP) is 2.14. The fourth-order valence-electron chi connectivity index (χ4n) is 1.57. The Kier molecular flexibility index (Phi) is 5.00. The van der Waals surface area contributed by atoms with Crippen LogP contribution in [0.1, 0.15) is 12.8 Å². The molecule has 2 N–H and O–H groups in total. The molecule has 2 rings (SSSR count). The molecule has 0 fully saturated rings. The number of aromatic nitrogens is 2. The molecule has 2 aromatic rings. The van der Waals surface area contributed by atoms with Crippen molar-refractivity contribution in [3.05, 3.63) is 29.8 Å². The van der Waals surface area contributed by atoms with Gasteiger partial charge in [0.15, 0.2) is 5.13 Å². The summed E-state index contributed by atoms with van der Waals surface area (Å²) in [4.78, 5) is 20.2. The summed E-state index contributed by atoms with van der Waals surface area (Å²) >= 11 is 1.41. The normalized spacial score (nSPS) is 10.4. The first-order chi connectivity index (χ1) is 9.29. The van der Waals surface area contributed by atoms with E-state index in [0.717, 1.165) is 24.4 Å². The first-order valence-electron chi connectivity index (χ1n) is 6.11. The van der Waals surface area contributed by atoms with E-state index in [4.69, 9.17) is 0 Å². The maximum Gasteiger partial charge on any atom is 0.226 e. The molecule has 0 unspecified atom stereocenters. The highest BCUT2D eigenvalue weighted by Gasteiger charge is 2.08. The standard InChI is InChI=1S/C13H16N4OS/c1-14-7-4-6-12(18)17-13-16-11(9-19-13)10-5-2-3-8-15-10/h2-3,5,8-9,14H,4,6-7H2,1H3,(H,16,17,18).